The lowest BCUT2D eigenvalue weighted by atomic mass is 10.0. The maximum absolute atomic E-state index is 12.6. The molecule has 0 heterocycles. The summed E-state index contributed by atoms with van der Waals surface area (Å²) >= 11 is 0. The van der Waals surface area contributed by atoms with E-state index in [1.807, 2.05) is 0 Å². The Hall–Kier alpha value is -2.24. The first-order valence-electron chi connectivity index (χ1n) is 8.81. The predicted molar refractivity (Wildman–Crippen MR) is 97.3 cm³/mol. The fourth-order valence-electron chi connectivity index (χ4n) is 2.25. The maximum Gasteiger partial charge on any atom is 0.328 e. The maximum atomic E-state index is 12.6. The van der Waals surface area contributed by atoms with Gasteiger partial charge in [0.15, 0.2) is 0 Å². The van der Waals surface area contributed by atoms with E-state index in [1.54, 1.807) is 13.8 Å². The van der Waals surface area contributed by atoms with E-state index in [0.29, 0.717) is 25.8 Å². The molecule has 0 aromatic heterocycles. The van der Waals surface area contributed by atoms with Crippen LogP contribution in [0.3, 0.4) is 0 Å². The molecule has 3 unspecified atom stereocenters. The highest BCUT2D eigenvalue weighted by molar-refractivity contribution is 5.93. The molecule has 0 saturated carbocycles. The molecule has 0 fully saturated rings. The molecule has 3 amide bonds. The number of aliphatic hydroxyl groups excluding tert-OH is 1. The lowest BCUT2D eigenvalue weighted by Crippen LogP contribution is -2.58. The Morgan fingerprint density at radius 2 is 1.56 bits per heavy atom. The summed E-state index contributed by atoms with van der Waals surface area (Å²) in [6.45, 7) is 2.70. The summed E-state index contributed by atoms with van der Waals surface area (Å²) in [5, 5.41) is 25.2. The van der Waals surface area contributed by atoms with Crippen molar-refractivity contribution in [2.75, 3.05) is 19.7 Å². The van der Waals surface area contributed by atoms with Crippen LogP contribution in [0.1, 0.15) is 33.1 Å². The first-order valence-corrected chi connectivity index (χ1v) is 8.81. The summed E-state index contributed by atoms with van der Waals surface area (Å²) in [6, 6.07) is -3.42. The Bertz CT molecular complexity index is 514. The molecule has 0 aliphatic heterocycles. The number of carboxylic acid groups (broad SMARTS) is 1. The van der Waals surface area contributed by atoms with Gasteiger partial charge < -0.3 is 37.6 Å². The molecule has 0 rings (SSSR count). The first-order chi connectivity index (χ1) is 12.7. The third-order valence-electron chi connectivity index (χ3n) is 3.83. The molecule has 0 radical (unpaired) electrons. The fraction of sp³-hybridized carbons (Fsp3) is 0.750. The molecule has 156 valence electrons. The van der Waals surface area contributed by atoms with E-state index in [1.165, 1.54) is 0 Å². The highest BCUT2D eigenvalue weighted by Gasteiger charge is 2.30. The molecule has 0 aliphatic carbocycles. The Kier molecular flexibility index (Phi) is 11.9. The SMILES string of the molecule is CC(C)C(NC(=O)C(CCCCN)NC(=O)CN)C(=O)NC(CO)C(=O)O. The highest BCUT2D eigenvalue weighted by atomic mass is 16.4. The minimum atomic E-state index is -1.48. The van der Waals surface area contributed by atoms with Gasteiger partial charge in [0, 0.05) is 0 Å². The summed E-state index contributed by atoms with van der Waals surface area (Å²) in [5.74, 6) is -3.60. The van der Waals surface area contributed by atoms with Gasteiger partial charge in [-0.25, -0.2) is 4.79 Å². The number of hydrogen-bond donors (Lipinski definition) is 7. The van der Waals surface area contributed by atoms with E-state index in [0.717, 1.165) is 0 Å². The van der Waals surface area contributed by atoms with Crippen molar-refractivity contribution in [3.63, 3.8) is 0 Å². The summed E-state index contributed by atoms with van der Waals surface area (Å²) in [7, 11) is 0. The van der Waals surface area contributed by atoms with Crippen LogP contribution in [0.4, 0.5) is 0 Å². The van der Waals surface area contributed by atoms with E-state index < -0.39 is 48.4 Å². The molecular weight excluding hydrogens is 358 g/mol. The van der Waals surface area contributed by atoms with E-state index in [4.69, 9.17) is 21.7 Å². The minimum Gasteiger partial charge on any atom is -0.480 e. The Labute approximate surface area is 158 Å². The molecule has 0 aliphatic rings. The van der Waals surface area contributed by atoms with Gasteiger partial charge in [-0.1, -0.05) is 13.8 Å². The van der Waals surface area contributed by atoms with Crippen molar-refractivity contribution in [1.29, 1.82) is 0 Å². The van der Waals surface area contributed by atoms with Gasteiger partial charge >= 0.3 is 5.97 Å². The number of aliphatic hydroxyl groups is 1. The summed E-state index contributed by atoms with van der Waals surface area (Å²) in [4.78, 5) is 47.4. The monoisotopic (exact) mass is 389 g/mol. The molecule has 0 spiro atoms. The van der Waals surface area contributed by atoms with Crippen LogP contribution in [0, 0.1) is 5.92 Å². The van der Waals surface area contributed by atoms with Crippen molar-refractivity contribution in [1.82, 2.24) is 16.0 Å². The topological polar surface area (TPSA) is 197 Å². The molecule has 0 aromatic rings. The van der Waals surface area contributed by atoms with Crippen LogP contribution in [0.2, 0.25) is 0 Å². The average molecular weight is 389 g/mol. The normalized spacial score (nSPS) is 14.1. The van der Waals surface area contributed by atoms with E-state index >= 15 is 0 Å². The molecule has 0 bridgehead atoms. The summed E-state index contributed by atoms with van der Waals surface area (Å²) in [6.07, 6.45) is 1.56. The number of carbonyl (C=O) groups excluding carboxylic acids is 3. The van der Waals surface area contributed by atoms with Gasteiger partial charge in [-0.2, -0.15) is 0 Å². The molecule has 0 saturated heterocycles. The molecule has 11 heteroatoms. The van der Waals surface area contributed by atoms with Crippen LogP contribution in [0.5, 0.6) is 0 Å². The summed E-state index contributed by atoms with van der Waals surface area (Å²) in [5.41, 5.74) is 10.7. The summed E-state index contributed by atoms with van der Waals surface area (Å²) < 4.78 is 0. The quantitative estimate of drug-likeness (QED) is 0.165. The number of hydrogen-bond acceptors (Lipinski definition) is 7. The zero-order valence-corrected chi connectivity index (χ0v) is 15.7. The number of aliphatic carboxylic acids is 1. The van der Waals surface area contributed by atoms with Crippen molar-refractivity contribution >= 4 is 23.7 Å². The van der Waals surface area contributed by atoms with Crippen LogP contribution in [-0.4, -0.2) is 71.7 Å². The van der Waals surface area contributed by atoms with E-state index in [9.17, 15) is 19.2 Å². The van der Waals surface area contributed by atoms with E-state index in [-0.39, 0.29) is 12.5 Å². The molecule has 9 N–H and O–H groups in total. The van der Waals surface area contributed by atoms with Crippen LogP contribution in [0.15, 0.2) is 0 Å². The van der Waals surface area contributed by atoms with Gasteiger partial charge in [0.1, 0.15) is 18.1 Å². The smallest absolute Gasteiger partial charge is 0.328 e. The van der Waals surface area contributed by atoms with Crippen LogP contribution < -0.4 is 27.4 Å². The van der Waals surface area contributed by atoms with Gasteiger partial charge in [-0.3, -0.25) is 14.4 Å². The zero-order valence-electron chi connectivity index (χ0n) is 15.7. The predicted octanol–water partition coefficient (Wildman–Crippen LogP) is -2.74. The van der Waals surface area contributed by atoms with Crippen molar-refractivity contribution in [3.05, 3.63) is 0 Å². The molecule has 3 atom stereocenters. The van der Waals surface area contributed by atoms with Gasteiger partial charge in [-0.15, -0.1) is 0 Å². The second-order valence-corrected chi connectivity index (χ2v) is 6.42. The first kappa shape index (κ1) is 24.8. The number of carbonyl (C=O) groups is 4. The third kappa shape index (κ3) is 9.31. The largest absolute Gasteiger partial charge is 0.480 e. The second-order valence-electron chi connectivity index (χ2n) is 6.42. The number of rotatable bonds is 13. The lowest BCUT2D eigenvalue weighted by molar-refractivity contribution is -0.143. The van der Waals surface area contributed by atoms with Gasteiger partial charge in [-0.05, 0) is 31.7 Å². The van der Waals surface area contributed by atoms with Crippen molar-refractivity contribution < 1.29 is 29.4 Å². The Balaban J connectivity index is 5.13. The number of nitrogens with one attached hydrogen (secondary N) is 3. The zero-order chi connectivity index (χ0) is 21.0. The number of unbranched alkanes of at least 4 members (excludes halogenated alkanes) is 1. The number of amides is 3. The lowest BCUT2D eigenvalue weighted by Gasteiger charge is -2.26. The van der Waals surface area contributed by atoms with Crippen molar-refractivity contribution in [2.24, 2.45) is 17.4 Å². The Morgan fingerprint density at radius 3 is 2.00 bits per heavy atom. The highest BCUT2D eigenvalue weighted by Crippen LogP contribution is 2.06. The molecule has 0 aromatic carbocycles. The third-order valence-corrected chi connectivity index (χ3v) is 3.83. The van der Waals surface area contributed by atoms with Gasteiger partial charge in [0.2, 0.25) is 17.7 Å². The van der Waals surface area contributed by atoms with E-state index in [2.05, 4.69) is 16.0 Å². The molecule has 27 heavy (non-hydrogen) atoms. The van der Waals surface area contributed by atoms with Crippen molar-refractivity contribution in [2.45, 2.75) is 51.2 Å². The molecule has 11 nitrogen and oxygen atoms in total. The average Bonchev–Trinajstić information content (AvgIpc) is 2.62. The standard InChI is InChI=1S/C16H31N5O6/c1-9(2)13(15(25)20-11(8-22)16(26)27)21-14(24)10(5-3-4-6-17)19-12(23)7-18/h9-11,13,22H,3-8,17-18H2,1-2H3,(H,19,23)(H,20,25)(H,21,24)(H,26,27). The van der Waals surface area contributed by atoms with Crippen LogP contribution in [-0.2, 0) is 19.2 Å². The minimum absolute atomic E-state index is 0.286. The Morgan fingerprint density at radius 1 is 0.926 bits per heavy atom. The number of carboxylic acids is 1. The van der Waals surface area contributed by atoms with Crippen molar-refractivity contribution in [3.8, 4) is 0 Å². The van der Waals surface area contributed by atoms with Gasteiger partial charge in [0.05, 0.1) is 13.2 Å². The molecular formula is C16H31N5O6. The number of nitrogens with two attached hydrogens (primary N) is 2. The van der Waals surface area contributed by atoms with Gasteiger partial charge in [0.25, 0.3) is 0 Å². The van der Waals surface area contributed by atoms with Crippen LogP contribution in [0.25, 0.3) is 0 Å². The fourth-order valence-corrected chi connectivity index (χ4v) is 2.25. The second kappa shape index (κ2) is 13.0. The van der Waals surface area contributed by atoms with Crippen LogP contribution >= 0.6 is 0 Å².